The second-order valence-electron chi connectivity index (χ2n) is 7.73. The van der Waals surface area contributed by atoms with Gasteiger partial charge >= 0.3 is 18.1 Å². The SMILES string of the molecule is COc1ccc(OC)c(S(=O)(=O)Nc2cc(C(=O)O)cnc2N2CCCCCC2)c1.O=C(O)C(F)(F)F. The highest BCUT2D eigenvalue weighted by Gasteiger charge is 2.38. The Bertz CT molecular complexity index is 1210. The van der Waals surface area contributed by atoms with Crippen molar-refractivity contribution in [3.8, 4) is 11.5 Å². The molecule has 3 N–H and O–H groups in total. The molecule has 0 spiro atoms. The highest BCUT2D eigenvalue weighted by molar-refractivity contribution is 7.92. The zero-order valence-electron chi connectivity index (χ0n) is 19.9. The Morgan fingerprint density at radius 2 is 1.62 bits per heavy atom. The third-order valence-electron chi connectivity index (χ3n) is 5.17. The average molecular weight is 550 g/mol. The molecular formula is C22H26F3N3O8S. The molecule has 0 saturated carbocycles. The Hall–Kier alpha value is -3.75. The zero-order chi connectivity index (χ0) is 27.8. The van der Waals surface area contributed by atoms with Crippen molar-refractivity contribution in [2.75, 3.05) is 36.9 Å². The van der Waals surface area contributed by atoms with Crippen LogP contribution in [0.5, 0.6) is 11.5 Å². The van der Waals surface area contributed by atoms with Gasteiger partial charge in [-0.1, -0.05) is 12.8 Å². The summed E-state index contributed by atoms with van der Waals surface area (Å²) in [5, 5.41) is 16.5. The van der Waals surface area contributed by atoms with Gasteiger partial charge < -0.3 is 24.6 Å². The van der Waals surface area contributed by atoms with Crippen LogP contribution in [0.25, 0.3) is 0 Å². The van der Waals surface area contributed by atoms with E-state index in [9.17, 15) is 31.5 Å². The molecule has 15 heteroatoms. The van der Waals surface area contributed by atoms with Crippen LogP contribution in [0, 0.1) is 0 Å². The van der Waals surface area contributed by atoms with Crippen LogP contribution < -0.4 is 19.1 Å². The van der Waals surface area contributed by atoms with Gasteiger partial charge in [-0.25, -0.2) is 23.0 Å². The van der Waals surface area contributed by atoms with E-state index in [1.165, 1.54) is 38.6 Å². The lowest BCUT2D eigenvalue weighted by molar-refractivity contribution is -0.192. The maximum atomic E-state index is 13.2. The van der Waals surface area contributed by atoms with Crippen molar-refractivity contribution in [3.63, 3.8) is 0 Å². The number of hydrogen-bond donors (Lipinski definition) is 3. The van der Waals surface area contributed by atoms with Gasteiger partial charge in [0, 0.05) is 25.4 Å². The molecule has 1 fully saturated rings. The molecule has 0 bridgehead atoms. The number of alkyl halides is 3. The fraction of sp³-hybridized carbons (Fsp3) is 0.409. The van der Waals surface area contributed by atoms with Gasteiger partial charge in [0.1, 0.15) is 16.4 Å². The number of pyridine rings is 1. The first-order valence-corrected chi connectivity index (χ1v) is 12.3. The van der Waals surface area contributed by atoms with Gasteiger partial charge in [0.2, 0.25) is 0 Å². The van der Waals surface area contributed by atoms with E-state index < -0.39 is 28.1 Å². The average Bonchev–Trinajstić information content (AvgIpc) is 3.12. The Balaban J connectivity index is 0.000000604. The molecule has 1 aromatic heterocycles. The second kappa shape index (κ2) is 12.5. The van der Waals surface area contributed by atoms with Crippen LogP contribution in [0.15, 0.2) is 35.4 Å². The lowest BCUT2D eigenvalue weighted by Gasteiger charge is -2.24. The van der Waals surface area contributed by atoms with Crippen LogP contribution in [-0.2, 0) is 14.8 Å². The smallest absolute Gasteiger partial charge is 0.490 e. The number of carboxylic acids is 2. The van der Waals surface area contributed by atoms with E-state index in [-0.39, 0.29) is 21.9 Å². The number of aliphatic carboxylic acids is 1. The molecule has 37 heavy (non-hydrogen) atoms. The number of aromatic carboxylic acids is 1. The van der Waals surface area contributed by atoms with Gasteiger partial charge in [0.05, 0.1) is 25.5 Å². The summed E-state index contributed by atoms with van der Waals surface area (Å²) < 4.78 is 71.0. The number of carbonyl (C=O) groups is 2. The zero-order valence-corrected chi connectivity index (χ0v) is 20.7. The standard InChI is InChI=1S/C20H25N3O6S.C2HF3O2/c1-28-15-7-8-17(29-2)18(12-15)30(26,27)22-16-11-14(20(24)25)13-21-19(16)23-9-5-3-4-6-10-23;3-2(4,5)1(6)7/h7-8,11-13,22H,3-6,9-10H2,1-2H3,(H,24,25);(H,6,7). The van der Waals surface area contributed by atoms with Gasteiger partial charge in [-0.2, -0.15) is 13.2 Å². The van der Waals surface area contributed by atoms with E-state index in [2.05, 4.69) is 9.71 Å². The molecule has 2 heterocycles. The number of methoxy groups -OCH3 is 2. The molecule has 1 aliphatic rings. The molecule has 11 nitrogen and oxygen atoms in total. The summed E-state index contributed by atoms with van der Waals surface area (Å²) in [5.41, 5.74) is 0.00514. The molecule has 0 amide bonds. The van der Waals surface area contributed by atoms with Crippen LogP contribution >= 0.6 is 0 Å². The van der Waals surface area contributed by atoms with Crippen molar-refractivity contribution in [1.29, 1.82) is 0 Å². The summed E-state index contributed by atoms with van der Waals surface area (Å²) in [7, 11) is -1.31. The minimum Gasteiger partial charge on any atom is -0.497 e. The number of anilines is 2. The number of rotatable bonds is 7. The van der Waals surface area contributed by atoms with Crippen LogP contribution in [0.2, 0.25) is 0 Å². The molecule has 1 aromatic carbocycles. The van der Waals surface area contributed by atoms with E-state index in [1.807, 2.05) is 4.90 Å². The molecule has 1 aliphatic heterocycles. The number of nitrogens with zero attached hydrogens (tertiary/aromatic N) is 2. The molecule has 0 atom stereocenters. The van der Waals surface area contributed by atoms with Gasteiger partial charge in [-0.15, -0.1) is 0 Å². The molecular weight excluding hydrogens is 523 g/mol. The van der Waals surface area contributed by atoms with Gasteiger partial charge in [-0.05, 0) is 31.0 Å². The Kier molecular flexibility index (Phi) is 9.94. The summed E-state index contributed by atoms with van der Waals surface area (Å²) in [4.78, 5) is 26.5. The highest BCUT2D eigenvalue weighted by Crippen LogP contribution is 2.33. The molecule has 3 rings (SSSR count). The summed E-state index contributed by atoms with van der Waals surface area (Å²) in [6.07, 6.45) is 0.251. The first kappa shape index (κ1) is 29.5. The molecule has 0 unspecified atom stereocenters. The first-order valence-electron chi connectivity index (χ1n) is 10.8. The minimum atomic E-state index is -5.08. The minimum absolute atomic E-state index is 0.108. The molecule has 0 aliphatic carbocycles. The maximum absolute atomic E-state index is 13.2. The van der Waals surface area contributed by atoms with Crippen molar-refractivity contribution in [1.82, 2.24) is 4.98 Å². The number of hydrogen-bond acceptors (Lipinski definition) is 8. The van der Waals surface area contributed by atoms with Crippen molar-refractivity contribution in [2.24, 2.45) is 0 Å². The number of halogens is 3. The number of aromatic nitrogens is 1. The summed E-state index contributed by atoms with van der Waals surface area (Å²) in [5.74, 6) is -3.05. The predicted molar refractivity (Wildman–Crippen MR) is 126 cm³/mol. The lowest BCUT2D eigenvalue weighted by Crippen LogP contribution is -2.27. The van der Waals surface area contributed by atoms with Crippen LogP contribution in [0.4, 0.5) is 24.7 Å². The summed E-state index contributed by atoms with van der Waals surface area (Å²) in [6, 6.07) is 5.73. The van der Waals surface area contributed by atoms with Crippen molar-refractivity contribution in [2.45, 2.75) is 36.8 Å². The predicted octanol–water partition coefficient (Wildman–Crippen LogP) is 3.61. The largest absolute Gasteiger partial charge is 0.497 e. The monoisotopic (exact) mass is 549 g/mol. The summed E-state index contributed by atoms with van der Waals surface area (Å²) >= 11 is 0. The van der Waals surface area contributed by atoms with Crippen LogP contribution in [0.3, 0.4) is 0 Å². The molecule has 0 radical (unpaired) electrons. The lowest BCUT2D eigenvalue weighted by atomic mass is 10.2. The topological polar surface area (TPSA) is 155 Å². The van der Waals surface area contributed by atoms with Crippen LogP contribution in [0.1, 0.15) is 36.0 Å². The van der Waals surface area contributed by atoms with Gasteiger partial charge in [0.15, 0.2) is 5.82 Å². The van der Waals surface area contributed by atoms with Gasteiger partial charge in [0.25, 0.3) is 10.0 Å². The van der Waals surface area contributed by atoms with E-state index in [0.29, 0.717) is 11.6 Å². The normalized spacial score (nSPS) is 14.0. The fourth-order valence-electron chi connectivity index (χ4n) is 3.38. The molecule has 2 aromatic rings. The first-order chi connectivity index (χ1) is 17.3. The number of ether oxygens (including phenoxy) is 2. The maximum Gasteiger partial charge on any atom is 0.490 e. The number of benzene rings is 1. The number of sulfonamides is 1. The Labute approximate surface area is 210 Å². The van der Waals surface area contributed by atoms with E-state index >= 15 is 0 Å². The van der Waals surface area contributed by atoms with Crippen molar-refractivity contribution >= 4 is 33.5 Å². The fourth-order valence-corrected chi connectivity index (χ4v) is 4.62. The third kappa shape index (κ3) is 8.13. The Morgan fingerprint density at radius 1 is 1.03 bits per heavy atom. The van der Waals surface area contributed by atoms with E-state index in [1.54, 1.807) is 6.07 Å². The Morgan fingerprint density at radius 3 is 2.11 bits per heavy atom. The third-order valence-corrected chi connectivity index (χ3v) is 6.55. The number of nitrogens with one attached hydrogen (secondary N) is 1. The quantitative estimate of drug-likeness (QED) is 0.466. The van der Waals surface area contributed by atoms with Crippen LogP contribution in [-0.4, -0.2) is 69.0 Å². The number of carboxylic acid groups (broad SMARTS) is 2. The van der Waals surface area contributed by atoms with E-state index in [0.717, 1.165) is 38.8 Å². The summed E-state index contributed by atoms with van der Waals surface area (Å²) in [6.45, 7) is 1.44. The molecule has 1 saturated heterocycles. The van der Waals surface area contributed by atoms with E-state index in [4.69, 9.17) is 19.4 Å². The highest BCUT2D eigenvalue weighted by atomic mass is 32.2. The second-order valence-corrected chi connectivity index (χ2v) is 9.38. The molecule has 204 valence electrons. The van der Waals surface area contributed by atoms with Crippen molar-refractivity contribution < 1.29 is 50.9 Å². The van der Waals surface area contributed by atoms with Gasteiger partial charge in [-0.3, -0.25) is 4.72 Å². The van der Waals surface area contributed by atoms with Crippen molar-refractivity contribution in [3.05, 3.63) is 36.0 Å².